The van der Waals surface area contributed by atoms with Crippen LogP contribution in [0.15, 0.2) is 6.07 Å². The first-order chi connectivity index (χ1) is 9.12. The molecule has 0 spiro atoms. The second-order valence-electron chi connectivity index (χ2n) is 4.78. The number of hydrogen-bond donors (Lipinski definition) is 1. The van der Waals surface area contributed by atoms with Crippen molar-refractivity contribution in [3.63, 3.8) is 0 Å². The molecule has 1 saturated heterocycles. The third-order valence-electron chi connectivity index (χ3n) is 3.39. The van der Waals surface area contributed by atoms with Gasteiger partial charge in [0.05, 0.1) is 5.69 Å². The minimum absolute atomic E-state index is 0.0429. The molecule has 9 heteroatoms. The Morgan fingerprint density at radius 2 is 2.05 bits per heavy atom. The third-order valence-corrected chi connectivity index (χ3v) is 3.39. The molecule has 110 valence electrons. The van der Waals surface area contributed by atoms with E-state index in [-0.39, 0.29) is 12.2 Å². The minimum Gasteiger partial charge on any atom is -0.369 e. The predicted octanol–water partition coefficient (Wildman–Crippen LogP) is 0.0960. The van der Waals surface area contributed by atoms with E-state index in [2.05, 4.69) is 5.10 Å². The largest absolute Gasteiger partial charge is 0.433 e. The molecular formula is C11H13F3N4O2. The Bertz CT molecular complexity index is 567. The van der Waals surface area contributed by atoms with Crippen molar-refractivity contribution in [3.8, 4) is 0 Å². The molecule has 1 fully saturated rings. The fourth-order valence-corrected chi connectivity index (χ4v) is 2.42. The quantitative estimate of drug-likeness (QED) is 0.784. The van der Waals surface area contributed by atoms with Gasteiger partial charge in [0, 0.05) is 26.6 Å². The Morgan fingerprint density at radius 1 is 1.45 bits per heavy atom. The number of amides is 2. The van der Waals surface area contributed by atoms with E-state index in [1.807, 2.05) is 0 Å². The number of carbonyl (C=O) groups excluding carboxylic acids is 2. The number of likely N-dealkylation sites (N-methyl/N-ethyl adjacent to an activating group) is 1. The van der Waals surface area contributed by atoms with E-state index in [0.29, 0.717) is 4.68 Å². The SMILES string of the molecule is CN1CC(c2cc(C(F)(F)F)n(C)n2)C(C(N)=O)C1=O. The fraction of sp³-hybridized carbons (Fsp3) is 0.545. The van der Waals surface area contributed by atoms with Gasteiger partial charge in [-0.05, 0) is 6.07 Å². The highest BCUT2D eigenvalue weighted by Gasteiger charge is 2.45. The summed E-state index contributed by atoms with van der Waals surface area (Å²) >= 11 is 0. The molecule has 2 N–H and O–H groups in total. The number of likely N-dealkylation sites (tertiary alicyclic amines) is 1. The summed E-state index contributed by atoms with van der Waals surface area (Å²) in [5.41, 5.74) is 4.28. The van der Waals surface area contributed by atoms with Crippen molar-refractivity contribution in [1.29, 1.82) is 0 Å². The molecule has 2 rings (SSSR count). The molecule has 6 nitrogen and oxygen atoms in total. The van der Waals surface area contributed by atoms with Gasteiger partial charge in [-0.3, -0.25) is 14.3 Å². The number of nitrogens with two attached hydrogens (primary N) is 1. The maximum absolute atomic E-state index is 12.7. The van der Waals surface area contributed by atoms with Gasteiger partial charge in [0.15, 0.2) is 0 Å². The molecule has 1 aromatic rings. The summed E-state index contributed by atoms with van der Waals surface area (Å²) in [5, 5.41) is 3.77. The molecule has 1 aliphatic rings. The summed E-state index contributed by atoms with van der Waals surface area (Å²) in [4.78, 5) is 24.4. The van der Waals surface area contributed by atoms with E-state index in [1.165, 1.54) is 11.9 Å². The van der Waals surface area contributed by atoms with Crippen LogP contribution in [0.3, 0.4) is 0 Å². The van der Waals surface area contributed by atoms with Gasteiger partial charge in [0.1, 0.15) is 11.6 Å². The van der Waals surface area contributed by atoms with Crippen LogP contribution in [0.2, 0.25) is 0 Å². The van der Waals surface area contributed by atoms with Gasteiger partial charge in [-0.2, -0.15) is 18.3 Å². The molecule has 20 heavy (non-hydrogen) atoms. The molecule has 2 amide bonds. The van der Waals surface area contributed by atoms with Gasteiger partial charge in [-0.25, -0.2) is 0 Å². The van der Waals surface area contributed by atoms with Gasteiger partial charge in [-0.1, -0.05) is 0 Å². The third kappa shape index (κ3) is 2.23. The second kappa shape index (κ2) is 4.50. The van der Waals surface area contributed by atoms with Crippen molar-refractivity contribution >= 4 is 11.8 Å². The summed E-state index contributed by atoms with van der Waals surface area (Å²) in [5.74, 6) is -3.28. The number of nitrogens with zero attached hydrogens (tertiary/aromatic N) is 3. The zero-order valence-corrected chi connectivity index (χ0v) is 10.8. The number of hydrogen-bond acceptors (Lipinski definition) is 3. The van der Waals surface area contributed by atoms with Crippen LogP contribution in [0.5, 0.6) is 0 Å². The van der Waals surface area contributed by atoms with Crippen molar-refractivity contribution in [2.45, 2.75) is 12.1 Å². The van der Waals surface area contributed by atoms with Crippen LogP contribution in [0.4, 0.5) is 13.2 Å². The molecule has 0 aromatic carbocycles. The number of halogens is 3. The van der Waals surface area contributed by atoms with Crippen LogP contribution >= 0.6 is 0 Å². The van der Waals surface area contributed by atoms with Crippen molar-refractivity contribution in [1.82, 2.24) is 14.7 Å². The predicted molar refractivity (Wildman–Crippen MR) is 61.3 cm³/mol. The molecule has 2 heterocycles. The number of rotatable bonds is 2. The van der Waals surface area contributed by atoms with Crippen molar-refractivity contribution < 1.29 is 22.8 Å². The van der Waals surface area contributed by atoms with Gasteiger partial charge in [-0.15, -0.1) is 0 Å². The number of alkyl halides is 3. The van der Waals surface area contributed by atoms with Crippen LogP contribution in [0, 0.1) is 5.92 Å². The second-order valence-corrected chi connectivity index (χ2v) is 4.78. The lowest BCUT2D eigenvalue weighted by molar-refractivity contribution is -0.143. The van der Waals surface area contributed by atoms with E-state index in [4.69, 9.17) is 5.73 Å². The van der Waals surface area contributed by atoms with E-state index in [0.717, 1.165) is 13.1 Å². The van der Waals surface area contributed by atoms with Gasteiger partial charge >= 0.3 is 6.18 Å². The van der Waals surface area contributed by atoms with E-state index in [9.17, 15) is 22.8 Å². The number of aromatic nitrogens is 2. The summed E-state index contributed by atoms with van der Waals surface area (Å²) in [7, 11) is 2.62. The number of primary amides is 1. The van der Waals surface area contributed by atoms with E-state index >= 15 is 0 Å². The Morgan fingerprint density at radius 3 is 2.50 bits per heavy atom. The summed E-state index contributed by atoms with van der Waals surface area (Å²) in [6.07, 6.45) is -4.54. The summed E-state index contributed by atoms with van der Waals surface area (Å²) in [6.45, 7) is 0.112. The molecule has 0 radical (unpaired) electrons. The average Bonchev–Trinajstić information content (AvgIpc) is 2.80. The molecule has 1 aliphatic heterocycles. The molecule has 0 saturated carbocycles. The lowest BCUT2D eigenvalue weighted by atomic mass is 9.92. The van der Waals surface area contributed by atoms with Gasteiger partial charge < -0.3 is 10.6 Å². The topological polar surface area (TPSA) is 81.2 Å². The Hall–Kier alpha value is -2.06. The first-order valence-corrected chi connectivity index (χ1v) is 5.78. The van der Waals surface area contributed by atoms with E-state index < -0.39 is 35.5 Å². The highest BCUT2D eigenvalue weighted by molar-refractivity contribution is 6.02. The molecule has 0 aliphatic carbocycles. The fourth-order valence-electron chi connectivity index (χ4n) is 2.42. The maximum Gasteiger partial charge on any atom is 0.433 e. The van der Waals surface area contributed by atoms with Crippen LogP contribution in [-0.4, -0.2) is 40.1 Å². The molecule has 0 bridgehead atoms. The van der Waals surface area contributed by atoms with Crippen LogP contribution < -0.4 is 5.73 Å². The number of aryl methyl sites for hydroxylation is 1. The number of carbonyl (C=O) groups is 2. The smallest absolute Gasteiger partial charge is 0.369 e. The lowest BCUT2D eigenvalue weighted by Gasteiger charge is -2.10. The average molecular weight is 290 g/mol. The van der Waals surface area contributed by atoms with Gasteiger partial charge in [0.25, 0.3) is 0 Å². The normalized spacial score (nSPS) is 23.4. The molecule has 1 aromatic heterocycles. The Balaban J connectivity index is 2.41. The van der Waals surface area contributed by atoms with Crippen molar-refractivity contribution in [3.05, 3.63) is 17.5 Å². The lowest BCUT2D eigenvalue weighted by Crippen LogP contribution is -2.33. The maximum atomic E-state index is 12.7. The summed E-state index contributed by atoms with van der Waals surface area (Å²) < 4.78 is 38.9. The molecule has 2 atom stereocenters. The first kappa shape index (κ1) is 14.4. The zero-order valence-electron chi connectivity index (χ0n) is 10.8. The van der Waals surface area contributed by atoms with E-state index in [1.54, 1.807) is 0 Å². The zero-order chi connectivity index (χ0) is 15.2. The van der Waals surface area contributed by atoms with Crippen LogP contribution in [0.25, 0.3) is 0 Å². The standard InChI is InChI=1S/C11H13F3N4O2/c1-17-4-5(8(9(15)19)10(17)20)6-3-7(11(12,13)14)18(2)16-6/h3,5,8H,4H2,1-2H3,(H2,15,19). The van der Waals surface area contributed by atoms with Crippen LogP contribution in [0.1, 0.15) is 17.3 Å². The van der Waals surface area contributed by atoms with Crippen molar-refractivity contribution in [2.24, 2.45) is 18.7 Å². The van der Waals surface area contributed by atoms with Crippen molar-refractivity contribution in [2.75, 3.05) is 13.6 Å². The van der Waals surface area contributed by atoms with Gasteiger partial charge in [0.2, 0.25) is 11.8 Å². The highest BCUT2D eigenvalue weighted by Crippen LogP contribution is 2.36. The first-order valence-electron chi connectivity index (χ1n) is 5.78. The summed E-state index contributed by atoms with van der Waals surface area (Å²) in [6, 6.07) is 0.854. The molecular weight excluding hydrogens is 277 g/mol. The minimum atomic E-state index is -4.54. The highest BCUT2D eigenvalue weighted by atomic mass is 19.4. The molecule has 2 unspecified atom stereocenters. The monoisotopic (exact) mass is 290 g/mol. The Labute approximate surface area is 112 Å². The Kier molecular flexibility index (Phi) is 3.23. The van der Waals surface area contributed by atoms with Crippen LogP contribution in [-0.2, 0) is 22.8 Å².